The van der Waals surface area contributed by atoms with Gasteiger partial charge in [-0.05, 0) is 24.0 Å². The van der Waals surface area contributed by atoms with Gasteiger partial charge in [0.25, 0.3) is 0 Å². The normalized spacial score (nSPS) is 17.6. The molecule has 0 bridgehead atoms. The van der Waals surface area contributed by atoms with Gasteiger partial charge in [-0.15, -0.1) is 0 Å². The third kappa shape index (κ3) is 2.69. The number of nitrogens with one attached hydrogen (secondary N) is 1. The molecule has 1 heterocycles. The molecule has 0 spiro atoms. The molecule has 1 aromatic heterocycles. The minimum absolute atomic E-state index is 0.130. The van der Waals surface area contributed by atoms with Crippen LogP contribution in [-0.4, -0.2) is 21.5 Å². The summed E-state index contributed by atoms with van der Waals surface area (Å²) in [5, 5.41) is 16.7. The predicted molar refractivity (Wildman–Crippen MR) is 73.7 cm³/mol. The second-order valence-corrected chi connectivity index (χ2v) is 5.01. The van der Waals surface area contributed by atoms with Crippen LogP contribution in [0, 0.1) is 0 Å². The number of aliphatic hydroxyl groups excluding tert-OH is 1. The van der Waals surface area contributed by atoms with E-state index in [1.807, 2.05) is 12.4 Å². The quantitative estimate of drug-likeness (QED) is 0.856. The topological polar surface area (TPSA) is 50.1 Å². The van der Waals surface area contributed by atoms with Crippen LogP contribution in [0.25, 0.3) is 0 Å². The molecule has 0 saturated carbocycles. The summed E-state index contributed by atoms with van der Waals surface area (Å²) in [7, 11) is 0. The van der Waals surface area contributed by atoms with Gasteiger partial charge in [-0.2, -0.15) is 5.10 Å². The Labute approximate surface area is 113 Å². The summed E-state index contributed by atoms with van der Waals surface area (Å²) in [5.41, 5.74) is 4.07. The fraction of sp³-hybridized carbons (Fsp3) is 0.400. The highest BCUT2D eigenvalue weighted by Gasteiger charge is 2.21. The number of hydrogen-bond acceptors (Lipinski definition) is 3. The van der Waals surface area contributed by atoms with Crippen molar-refractivity contribution in [1.29, 1.82) is 0 Å². The van der Waals surface area contributed by atoms with Crippen LogP contribution in [0.2, 0.25) is 0 Å². The average molecular weight is 257 g/mol. The first kappa shape index (κ1) is 12.4. The van der Waals surface area contributed by atoms with E-state index in [9.17, 15) is 0 Å². The zero-order valence-corrected chi connectivity index (χ0v) is 10.9. The fourth-order valence-corrected chi connectivity index (χ4v) is 2.73. The van der Waals surface area contributed by atoms with Crippen LogP contribution < -0.4 is 5.32 Å². The Bertz CT molecular complexity index is 550. The Balaban J connectivity index is 1.61. The molecular formula is C15H19N3O. The number of aliphatic hydroxyl groups is 1. The Hall–Kier alpha value is -1.65. The van der Waals surface area contributed by atoms with Crippen LogP contribution >= 0.6 is 0 Å². The summed E-state index contributed by atoms with van der Waals surface area (Å²) in [5.74, 6) is 0. The number of rotatable bonds is 5. The van der Waals surface area contributed by atoms with E-state index in [-0.39, 0.29) is 6.61 Å². The highest BCUT2D eigenvalue weighted by molar-refractivity contribution is 5.34. The van der Waals surface area contributed by atoms with E-state index in [1.54, 1.807) is 4.68 Å². The van der Waals surface area contributed by atoms with Crippen molar-refractivity contribution in [3.63, 3.8) is 0 Å². The van der Waals surface area contributed by atoms with Crippen LogP contribution in [0.3, 0.4) is 0 Å². The van der Waals surface area contributed by atoms with Gasteiger partial charge in [0.2, 0.25) is 0 Å². The third-order valence-electron chi connectivity index (χ3n) is 3.70. The number of fused-ring (bicyclic) bond motifs is 1. The first-order chi connectivity index (χ1) is 9.36. The average Bonchev–Trinajstić information content (AvgIpc) is 3.04. The highest BCUT2D eigenvalue weighted by Crippen LogP contribution is 2.30. The molecule has 2 aromatic rings. The molecule has 3 rings (SSSR count). The van der Waals surface area contributed by atoms with Crippen LogP contribution in [0.15, 0.2) is 36.7 Å². The fourth-order valence-electron chi connectivity index (χ4n) is 2.73. The van der Waals surface area contributed by atoms with Gasteiger partial charge in [0.05, 0.1) is 19.3 Å². The zero-order valence-electron chi connectivity index (χ0n) is 10.9. The summed E-state index contributed by atoms with van der Waals surface area (Å²) in [6, 6.07) is 9.11. The lowest BCUT2D eigenvalue weighted by atomic mass is 10.1. The van der Waals surface area contributed by atoms with E-state index in [4.69, 9.17) is 5.11 Å². The molecule has 0 fully saturated rings. The molecule has 4 nitrogen and oxygen atoms in total. The van der Waals surface area contributed by atoms with E-state index in [1.165, 1.54) is 17.5 Å². The molecule has 0 amide bonds. The Morgan fingerprint density at radius 1 is 1.37 bits per heavy atom. The molecule has 1 aromatic carbocycles. The van der Waals surface area contributed by atoms with Crippen molar-refractivity contribution >= 4 is 0 Å². The molecule has 1 unspecified atom stereocenters. The zero-order chi connectivity index (χ0) is 13.1. The highest BCUT2D eigenvalue weighted by atomic mass is 16.3. The Kier molecular flexibility index (Phi) is 3.62. The van der Waals surface area contributed by atoms with Crippen molar-refractivity contribution in [2.75, 3.05) is 6.61 Å². The molecule has 1 aliphatic carbocycles. The predicted octanol–water partition coefficient (Wildman–Crippen LogP) is 1.65. The van der Waals surface area contributed by atoms with E-state index >= 15 is 0 Å². The van der Waals surface area contributed by atoms with Gasteiger partial charge in [0, 0.05) is 24.3 Å². The van der Waals surface area contributed by atoms with Gasteiger partial charge in [0.15, 0.2) is 0 Å². The van der Waals surface area contributed by atoms with Crippen LogP contribution in [0.1, 0.15) is 29.2 Å². The van der Waals surface area contributed by atoms with Crippen molar-refractivity contribution < 1.29 is 5.11 Å². The van der Waals surface area contributed by atoms with Crippen LogP contribution in [0.4, 0.5) is 0 Å². The van der Waals surface area contributed by atoms with Gasteiger partial charge >= 0.3 is 0 Å². The molecular weight excluding hydrogens is 238 g/mol. The lowest BCUT2D eigenvalue weighted by Gasteiger charge is -2.13. The van der Waals surface area contributed by atoms with E-state index in [0.717, 1.165) is 18.5 Å². The van der Waals surface area contributed by atoms with E-state index in [0.29, 0.717) is 12.6 Å². The summed E-state index contributed by atoms with van der Waals surface area (Å²) >= 11 is 0. The first-order valence-electron chi connectivity index (χ1n) is 6.80. The number of aryl methyl sites for hydroxylation is 1. The number of benzene rings is 1. The van der Waals surface area contributed by atoms with Crippen LogP contribution in [0.5, 0.6) is 0 Å². The SMILES string of the molecule is OCCn1cc(CNC2CCc3ccccc32)cn1. The van der Waals surface area contributed by atoms with Gasteiger partial charge in [-0.3, -0.25) is 4.68 Å². The molecule has 0 saturated heterocycles. The summed E-state index contributed by atoms with van der Waals surface area (Å²) in [6.45, 7) is 1.52. The van der Waals surface area contributed by atoms with Gasteiger partial charge in [-0.1, -0.05) is 24.3 Å². The maximum atomic E-state index is 8.86. The third-order valence-corrected chi connectivity index (χ3v) is 3.70. The maximum Gasteiger partial charge on any atom is 0.0640 e. The summed E-state index contributed by atoms with van der Waals surface area (Å²) < 4.78 is 1.78. The summed E-state index contributed by atoms with van der Waals surface area (Å²) in [4.78, 5) is 0. The number of aromatic nitrogens is 2. The smallest absolute Gasteiger partial charge is 0.0640 e. The van der Waals surface area contributed by atoms with Crippen molar-refractivity contribution in [3.05, 3.63) is 53.3 Å². The lowest BCUT2D eigenvalue weighted by Crippen LogP contribution is -2.18. The van der Waals surface area contributed by atoms with Gasteiger partial charge in [0.1, 0.15) is 0 Å². The second-order valence-electron chi connectivity index (χ2n) is 5.01. The maximum absolute atomic E-state index is 8.86. The Morgan fingerprint density at radius 3 is 3.16 bits per heavy atom. The monoisotopic (exact) mass is 257 g/mol. The Morgan fingerprint density at radius 2 is 2.26 bits per heavy atom. The molecule has 1 atom stereocenters. The number of hydrogen-bond donors (Lipinski definition) is 2. The second kappa shape index (κ2) is 5.55. The van der Waals surface area contributed by atoms with Crippen molar-refractivity contribution in [1.82, 2.24) is 15.1 Å². The lowest BCUT2D eigenvalue weighted by molar-refractivity contribution is 0.269. The largest absolute Gasteiger partial charge is 0.394 e. The standard InChI is InChI=1S/C15H19N3O/c19-8-7-18-11-12(10-17-18)9-16-15-6-5-13-3-1-2-4-14(13)15/h1-4,10-11,15-16,19H,5-9H2. The summed E-state index contributed by atoms with van der Waals surface area (Å²) in [6.07, 6.45) is 6.19. The van der Waals surface area contributed by atoms with E-state index < -0.39 is 0 Å². The molecule has 4 heteroatoms. The molecule has 19 heavy (non-hydrogen) atoms. The van der Waals surface area contributed by atoms with Crippen molar-refractivity contribution in [3.8, 4) is 0 Å². The van der Waals surface area contributed by atoms with Gasteiger partial charge in [-0.25, -0.2) is 0 Å². The van der Waals surface area contributed by atoms with Gasteiger partial charge < -0.3 is 10.4 Å². The van der Waals surface area contributed by atoms with E-state index in [2.05, 4.69) is 34.7 Å². The molecule has 2 N–H and O–H groups in total. The first-order valence-corrected chi connectivity index (χ1v) is 6.80. The molecule has 1 aliphatic rings. The minimum atomic E-state index is 0.130. The minimum Gasteiger partial charge on any atom is -0.394 e. The molecule has 100 valence electrons. The molecule has 0 aliphatic heterocycles. The van der Waals surface area contributed by atoms with Crippen molar-refractivity contribution in [2.24, 2.45) is 0 Å². The molecule has 0 radical (unpaired) electrons. The van der Waals surface area contributed by atoms with Crippen molar-refractivity contribution in [2.45, 2.75) is 32.0 Å². The van der Waals surface area contributed by atoms with Crippen LogP contribution in [-0.2, 0) is 19.5 Å². The number of nitrogens with zero attached hydrogens (tertiary/aromatic N) is 2.